The highest BCUT2D eigenvalue weighted by Crippen LogP contribution is 2.07. The molecule has 0 heterocycles. The summed E-state index contributed by atoms with van der Waals surface area (Å²) >= 11 is -1.78. The van der Waals surface area contributed by atoms with Crippen LogP contribution >= 0.6 is 0 Å². The molecule has 0 aliphatic carbocycles. The normalized spacial score (nSPS) is 14.4. The van der Waals surface area contributed by atoms with Crippen LogP contribution in [0.25, 0.3) is 0 Å². The Morgan fingerprint density at radius 3 is 2.79 bits per heavy atom. The molecule has 0 aliphatic heterocycles. The number of esters is 1. The first-order valence-electron chi connectivity index (χ1n) is 4.50. The fourth-order valence-electron chi connectivity index (χ4n) is 0.990. The smallest absolute Gasteiger partial charge is 0.330 e. The summed E-state index contributed by atoms with van der Waals surface area (Å²) in [5, 5.41) is -0.225. The van der Waals surface area contributed by atoms with Gasteiger partial charge in [0.25, 0.3) is 0 Å². The van der Waals surface area contributed by atoms with E-state index in [2.05, 4.69) is 6.58 Å². The molecule has 4 nitrogen and oxygen atoms in total. The van der Waals surface area contributed by atoms with Crippen molar-refractivity contribution in [3.05, 3.63) is 12.7 Å². The Morgan fingerprint density at radius 1 is 1.71 bits per heavy atom. The van der Waals surface area contributed by atoms with E-state index >= 15 is 0 Å². The molecule has 0 fully saturated rings. The Hall–Kier alpha value is -0.680. The zero-order valence-corrected chi connectivity index (χ0v) is 9.09. The molecule has 0 spiro atoms. The quantitative estimate of drug-likeness (QED) is 0.305. The van der Waals surface area contributed by atoms with E-state index in [1.807, 2.05) is 6.92 Å². The van der Waals surface area contributed by atoms with Gasteiger partial charge in [0.2, 0.25) is 0 Å². The molecule has 5 heteroatoms. The lowest BCUT2D eigenvalue weighted by molar-refractivity contribution is -0.137. The van der Waals surface area contributed by atoms with Gasteiger partial charge in [-0.05, 0) is 19.3 Å². The zero-order valence-electron chi connectivity index (χ0n) is 8.27. The average Bonchev–Trinajstić information content (AvgIpc) is 2.16. The summed E-state index contributed by atoms with van der Waals surface area (Å²) in [5.74, 6) is -0.455. The van der Waals surface area contributed by atoms with E-state index < -0.39 is 17.0 Å². The van der Waals surface area contributed by atoms with Crippen molar-refractivity contribution in [3.8, 4) is 0 Å². The molecule has 0 aromatic carbocycles. The van der Waals surface area contributed by atoms with Gasteiger partial charge < -0.3 is 9.29 Å². The van der Waals surface area contributed by atoms with Crippen LogP contribution < -0.4 is 0 Å². The maximum Gasteiger partial charge on any atom is 0.330 e. The van der Waals surface area contributed by atoms with E-state index in [0.29, 0.717) is 19.3 Å². The molecule has 2 unspecified atom stereocenters. The third-order valence-corrected chi connectivity index (χ3v) is 2.96. The van der Waals surface area contributed by atoms with E-state index in [-0.39, 0.29) is 11.9 Å². The molecule has 1 N–H and O–H groups in total. The molecule has 0 saturated carbocycles. The monoisotopic (exact) mass is 220 g/mol. The third kappa shape index (κ3) is 5.88. The molecule has 0 aromatic rings. The first-order valence-corrected chi connectivity index (χ1v) is 5.67. The lowest BCUT2D eigenvalue weighted by atomic mass is 10.2. The fraction of sp³-hybridized carbons (Fsp3) is 0.667. The molecule has 0 bridgehead atoms. The van der Waals surface area contributed by atoms with Crippen LogP contribution in [0.15, 0.2) is 12.7 Å². The van der Waals surface area contributed by atoms with Crippen molar-refractivity contribution in [2.45, 2.75) is 31.4 Å². The predicted octanol–water partition coefficient (Wildman–Crippen LogP) is 1.50. The number of carbonyl (C=O) groups excluding carboxylic acids is 1. The first-order chi connectivity index (χ1) is 6.61. The first kappa shape index (κ1) is 13.3. The highest BCUT2D eigenvalue weighted by atomic mass is 32.2. The molecule has 0 aromatic heterocycles. The van der Waals surface area contributed by atoms with Crippen LogP contribution in [0.4, 0.5) is 0 Å². The molecular formula is C9H16O4S. The Kier molecular flexibility index (Phi) is 7.32. The number of rotatable bonds is 7. The van der Waals surface area contributed by atoms with E-state index in [0.717, 1.165) is 6.08 Å². The molecule has 0 saturated heterocycles. The van der Waals surface area contributed by atoms with Crippen LogP contribution in [-0.2, 0) is 20.6 Å². The van der Waals surface area contributed by atoms with Gasteiger partial charge in [-0.25, -0.2) is 9.00 Å². The highest BCUT2D eigenvalue weighted by Gasteiger charge is 2.11. The topological polar surface area (TPSA) is 63.6 Å². The Morgan fingerprint density at radius 2 is 2.36 bits per heavy atom. The van der Waals surface area contributed by atoms with Crippen molar-refractivity contribution in [1.29, 1.82) is 0 Å². The largest absolute Gasteiger partial charge is 0.463 e. The van der Waals surface area contributed by atoms with Crippen molar-refractivity contribution in [3.63, 3.8) is 0 Å². The molecule has 0 amide bonds. The van der Waals surface area contributed by atoms with Crippen molar-refractivity contribution >= 4 is 17.0 Å². The van der Waals surface area contributed by atoms with Gasteiger partial charge in [0, 0.05) is 6.08 Å². The molecule has 2 atom stereocenters. The molecule has 0 aliphatic rings. The van der Waals surface area contributed by atoms with E-state index in [1.54, 1.807) is 0 Å². The standard InChI is InChI=1S/C9H16O4S/c1-3-8(14(11)12)6-5-7-13-9(10)4-2/h4,8H,2-3,5-7H2,1H3,(H,11,12). The van der Waals surface area contributed by atoms with Gasteiger partial charge in [0.1, 0.15) is 0 Å². The van der Waals surface area contributed by atoms with Crippen LogP contribution in [0.5, 0.6) is 0 Å². The van der Waals surface area contributed by atoms with Crippen molar-refractivity contribution in [1.82, 2.24) is 0 Å². The molecule has 0 radical (unpaired) electrons. The average molecular weight is 220 g/mol. The molecule has 0 rings (SSSR count). The Balaban J connectivity index is 3.57. The van der Waals surface area contributed by atoms with Gasteiger partial charge in [-0.1, -0.05) is 13.5 Å². The van der Waals surface area contributed by atoms with Crippen molar-refractivity contribution in [2.75, 3.05) is 6.61 Å². The molecule has 82 valence electrons. The van der Waals surface area contributed by atoms with Gasteiger partial charge in [0.05, 0.1) is 11.9 Å². The third-order valence-electron chi connectivity index (χ3n) is 1.82. The van der Waals surface area contributed by atoms with Gasteiger partial charge >= 0.3 is 5.97 Å². The van der Waals surface area contributed by atoms with Crippen LogP contribution in [0.3, 0.4) is 0 Å². The van der Waals surface area contributed by atoms with E-state index in [4.69, 9.17) is 9.29 Å². The lowest BCUT2D eigenvalue weighted by Crippen LogP contribution is -2.14. The van der Waals surface area contributed by atoms with Gasteiger partial charge in [-0.3, -0.25) is 0 Å². The summed E-state index contributed by atoms with van der Waals surface area (Å²) in [6, 6.07) is 0. The number of carbonyl (C=O) groups is 1. The second-order valence-electron chi connectivity index (χ2n) is 2.82. The SMILES string of the molecule is C=CC(=O)OCCCC(CC)S(=O)O. The number of ether oxygens (including phenoxy) is 1. The Labute approximate surface area is 86.6 Å². The van der Waals surface area contributed by atoms with Gasteiger partial charge in [-0.15, -0.1) is 0 Å². The highest BCUT2D eigenvalue weighted by molar-refractivity contribution is 7.79. The van der Waals surface area contributed by atoms with Crippen molar-refractivity contribution in [2.24, 2.45) is 0 Å². The number of hydrogen-bond donors (Lipinski definition) is 1. The van der Waals surface area contributed by atoms with Crippen molar-refractivity contribution < 1.29 is 18.3 Å². The second kappa shape index (κ2) is 7.70. The minimum atomic E-state index is -1.78. The maximum atomic E-state index is 10.7. The fourth-order valence-corrected chi connectivity index (χ4v) is 1.64. The van der Waals surface area contributed by atoms with Crippen LogP contribution in [0.2, 0.25) is 0 Å². The zero-order chi connectivity index (χ0) is 11.0. The minimum Gasteiger partial charge on any atom is -0.463 e. The Bertz CT molecular complexity index is 215. The van der Waals surface area contributed by atoms with Gasteiger partial charge in [0.15, 0.2) is 11.1 Å². The molecular weight excluding hydrogens is 204 g/mol. The maximum absolute atomic E-state index is 10.7. The predicted molar refractivity (Wildman–Crippen MR) is 55.2 cm³/mol. The molecule has 14 heavy (non-hydrogen) atoms. The number of hydrogen-bond acceptors (Lipinski definition) is 3. The van der Waals surface area contributed by atoms with E-state index in [1.165, 1.54) is 0 Å². The van der Waals surface area contributed by atoms with Gasteiger partial charge in [-0.2, -0.15) is 0 Å². The van der Waals surface area contributed by atoms with Crippen LogP contribution in [0.1, 0.15) is 26.2 Å². The van der Waals surface area contributed by atoms with E-state index in [9.17, 15) is 9.00 Å². The summed E-state index contributed by atoms with van der Waals surface area (Å²) in [6.45, 7) is 5.39. The minimum absolute atomic E-state index is 0.225. The van der Waals surface area contributed by atoms with Crippen LogP contribution in [0, 0.1) is 0 Å². The lowest BCUT2D eigenvalue weighted by Gasteiger charge is -2.09. The summed E-state index contributed by atoms with van der Waals surface area (Å²) in [4.78, 5) is 10.6. The summed E-state index contributed by atoms with van der Waals surface area (Å²) < 4.78 is 24.2. The summed E-state index contributed by atoms with van der Waals surface area (Å²) in [5.41, 5.74) is 0. The second-order valence-corrected chi connectivity index (χ2v) is 4.04. The summed E-state index contributed by atoms with van der Waals surface area (Å²) in [6.07, 6.45) is 2.94. The summed E-state index contributed by atoms with van der Waals surface area (Å²) in [7, 11) is 0. The van der Waals surface area contributed by atoms with Crippen LogP contribution in [-0.4, -0.2) is 26.6 Å².